The number of nitrogens with zero attached hydrogens (tertiary/aromatic N) is 1. The molecule has 3 aliphatic rings. The van der Waals surface area contributed by atoms with Crippen LogP contribution in [-0.2, 0) is 21.5 Å². The van der Waals surface area contributed by atoms with E-state index in [1.807, 2.05) is 24.3 Å². The number of hydrogen-bond donors (Lipinski definition) is 3. The number of amides is 3. The molecule has 2 fully saturated rings. The average molecular weight is 360 g/mol. The molecule has 2 aliphatic heterocycles. The Morgan fingerprint density at radius 1 is 1.27 bits per heavy atom. The predicted molar refractivity (Wildman–Crippen MR) is 93.7 cm³/mol. The van der Waals surface area contributed by atoms with Gasteiger partial charge in [-0.1, -0.05) is 24.3 Å². The minimum absolute atomic E-state index is 0.0406. The zero-order valence-electron chi connectivity index (χ0n) is 14.9. The summed E-state index contributed by atoms with van der Waals surface area (Å²) >= 11 is 0. The number of nitrogens with one attached hydrogen (secondary N) is 2. The second-order valence-electron chi connectivity index (χ2n) is 7.48. The van der Waals surface area contributed by atoms with Crippen LogP contribution in [0.15, 0.2) is 24.3 Å². The summed E-state index contributed by atoms with van der Waals surface area (Å²) in [6.07, 6.45) is 1.66. The first-order valence-corrected chi connectivity index (χ1v) is 9.42. The standard InChI is InChI=1S/C19H25N3O4/c23-15(12-21-8-10-26-11-9-21)13-22-17(24)19(20-18(22)25)7-3-5-14-4-1-2-6-16(14)19/h1-2,4,6,15,23H,3,5,7-13H2,(H,20,25)/p+1/t15-,19+/m0/s1. The van der Waals surface area contributed by atoms with Gasteiger partial charge in [0, 0.05) is 0 Å². The van der Waals surface area contributed by atoms with Crippen molar-refractivity contribution in [2.45, 2.75) is 30.9 Å². The number of aliphatic hydroxyl groups excluding tert-OH is 1. The zero-order chi connectivity index (χ0) is 18.1. The number of morpholine rings is 1. The number of quaternary nitrogens is 1. The fraction of sp³-hybridized carbons (Fsp3) is 0.579. The number of rotatable bonds is 4. The lowest BCUT2D eigenvalue weighted by Gasteiger charge is -2.33. The van der Waals surface area contributed by atoms with Gasteiger partial charge in [-0.05, 0) is 30.4 Å². The summed E-state index contributed by atoms with van der Waals surface area (Å²) in [5.41, 5.74) is 1.06. The molecule has 0 bridgehead atoms. The van der Waals surface area contributed by atoms with Gasteiger partial charge in [0.15, 0.2) is 0 Å². The number of ether oxygens (including phenoxy) is 1. The van der Waals surface area contributed by atoms with Gasteiger partial charge in [-0.25, -0.2) is 4.79 Å². The summed E-state index contributed by atoms with van der Waals surface area (Å²) in [4.78, 5) is 28.2. The Morgan fingerprint density at radius 2 is 2.04 bits per heavy atom. The van der Waals surface area contributed by atoms with Gasteiger partial charge in [0.25, 0.3) is 5.91 Å². The first kappa shape index (κ1) is 17.5. The van der Waals surface area contributed by atoms with Crippen LogP contribution in [0.4, 0.5) is 4.79 Å². The molecule has 1 aliphatic carbocycles. The third kappa shape index (κ3) is 3.00. The van der Waals surface area contributed by atoms with Crippen LogP contribution < -0.4 is 10.2 Å². The summed E-state index contributed by atoms with van der Waals surface area (Å²) < 4.78 is 5.33. The number of aliphatic hydroxyl groups is 1. The molecule has 0 radical (unpaired) electrons. The highest BCUT2D eigenvalue weighted by molar-refractivity contribution is 6.07. The second kappa shape index (κ2) is 6.98. The zero-order valence-corrected chi connectivity index (χ0v) is 14.9. The molecule has 1 spiro atoms. The fourth-order valence-electron chi connectivity index (χ4n) is 4.45. The summed E-state index contributed by atoms with van der Waals surface area (Å²) in [6, 6.07) is 7.43. The van der Waals surface area contributed by atoms with Crippen LogP contribution in [0, 0.1) is 0 Å². The fourth-order valence-corrected chi connectivity index (χ4v) is 4.45. The topological polar surface area (TPSA) is 83.3 Å². The van der Waals surface area contributed by atoms with Crippen LogP contribution in [0.3, 0.4) is 0 Å². The molecule has 0 saturated carbocycles. The van der Waals surface area contributed by atoms with Crippen molar-refractivity contribution < 1.29 is 24.3 Å². The Kier molecular flexibility index (Phi) is 4.69. The molecule has 2 heterocycles. The van der Waals surface area contributed by atoms with Crippen molar-refractivity contribution in [3.8, 4) is 0 Å². The Bertz CT molecular complexity index is 704. The molecule has 3 amide bonds. The van der Waals surface area contributed by atoms with Crippen molar-refractivity contribution in [1.82, 2.24) is 10.2 Å². The first-order valence-electron chi connectivity index (χ1n) is 9.42. The molecule has 2 atom stereocenters. The number of imide groups is 1. The van der Waals surface area contributed by atoms with Crippen molar-refractivity contribution >= 4 is 11.9 Å². The van der Waals surface area contributed by atoms with Crippen molar-refractivity contribution in [3.05, 3.63) is 35.4 Å². The van der Waals surface area contributed by atoms with Gasteiger partial charge < -0.3 is 20.1 Å². The van der Waals surface area contributed by atoms with E-state index >= 15 is 0 Å². The van der Waals surface area contributed by atoms with E-state index in [2.05, 4.69) is 5.32 Å². The number of fused-ring (bicyclic) bond motifs is 2. The molecular weight excluding hydrogens is 334 g/mol. The van der Waals surface area contributed by atoms with Crippen LogP contribution in [0.1, 0.15) is 24.0 Å². The SMILES string of the molecule is O=C1N[C@@]2(CCCc3ccccc32)C(=O)N1C[C@@H](O)C[NH+]1CCOCC1. The Morgan fingerprint density at radius 3 is 2.85 bits per heavy atom. The Labute approximate surface area is 152 Å². The Hall–Kier alpha value is -1.96. The van der Waals surface area contributed by atoms with Crippen LogP contribution >= 0.6 is 0 Å². The highest BCUT2D eigenvalue weighted by Crippen LogP contribution is 2.39. The molecule has 0 unspecified atom stereocenters. The maximum atomic E-state index is 13.2. The van der Waals surface area contributed by atoms with E-state index in [0.29, 0.717) is 26.2 Å². The number of carbonyl (C=O) groups excluding carboxylic acids is 2. The molecule has 26 heavy (non-hydrogen) atoms. The van der Waals surface area contributed by atoms with Crippen molar-refractivity contribution in [2.75, 3.05) is 39.4 Å². The third-order valence-electron chi connectivity index (χ3n) is 5.77. The van der Waals surface area contributed by atoms with Gasteiger partial charge in [-0.3, -0.25) is 9.69 Å². The van der Waals surface area contributed by atoms with Crippen LogP contribution in [-0.4, -0.2) is 67.4 Å². The first-order chi connectivity index (χ1) is 12.6. The van der Waals surface area contributed by atoms with Crippen molar-refractivity contribution in [1.29, 1.82) is 0 Å². The lowest BCUT2D eigenvalue weighted by molar-refractivity contribution is -0.910. The highest BCUT2D eigenvalue weighted by atomic mass is 16.5. The number of benzene rings is 1. The number of β-amino-alcohol motifs (C(OH)–C–C–N with tert-alkyl or cyclic N) is 1. The number of aryl methyl sites for hydroxylation is 1. The van der Waals surface area contributed by atoms with Gasteiger partial charge in [0.05, 0.1) is 19.8 Å². The summed E-state index contributed by atoms with van der Waals surface area (Å²) in [5.74, 6) is -0.231. The van der Waals surface area contributed by atoms with E-state index in [0.717, 1.165) is 37.1 Å². The highest BCUT2D eigenvalue weighted by Gasteiger charge is 2.54. The van der Waals surface area contributed by atoms with Crippen molar-refractivity contribution in [3.63, 3.8) is 0 Å². The average Bonchev–Trinajstić information content (AvgIpc) is 2.88. The number of urea groups is 1. The maximum Gasteiger partial charge on any atom is 0.325 e. The second-order valence-corrected chi connectivity index (χ2v) is 7.48. The number of hydrogen-bond acceptors (Lipinski definition) is 4. The maximum absolute atomic E-state index is 13.2. The van der Waals surface area contributed by atoms with E-state index in [1.54, 1.807) is 0 Å². The predicted octanol–water partition coefficient (Wildman–Crippen LogP) is -0.954. The van der Waals surface area contributed by atoms with Crippen LogP contribution in [0.5, 0.6) is 0 Å². The van der Waals surface area contributed by atoms with Gasteiger partial charge in [-0.2, -0.15) is 0 Å². The molecule has 140 valence electrons. The Balaban J connectivity index is 1.49. The van der Waals surface area contributed by atoms with E-state index in [9.17, 15) is 14.7 Å². The molecule has 2 saturated heterocycles. The van der Waals surface area contributed by atoms with Gasteiger partial charge >= 0.3 is 6.03 Å². The molecule has 0 aromatic heterocycles. The van der Waals surface area contributed by atoms with Gasteiger partial charge in [-0.15, -0.1) is 0 Å². The largest absolute Gasteiger partial charge is 0.385 e. The molecule has 1 aromatic carbocycles. The summed E-state index contributed by atoms with van der Waals surface area (Å²) in [5, 5.41) is 13.4. The van der Waals surface area contributed by atoms with Crippen molar-refractivity contribution in [2.24, 2.45) is 0 Å². The molecule has 4 rings (SSSR count). The van der Waals surface area contributed by atoms with Crippen LogP contribution in [0.2, 0.25) is 0 Å². The van der Waals surface area contributed by atoms with E-state index in [4.69, 9.17) is 4.74 Å². The molecule has 7 heteroatoms. The van der Waals surface area contributed by atoms with Gasteiger partial charge in [0.1, 0.15) is 31.3 Å². The minimum atomic E-state index is -0.961. The number of carbonyl (C=O) groups is 2. The molecule has 3 N–H and O–H groups in total. The molecular formula is C19H26N3O4+. The smallest absolute Gasteiger partial charge is 0.325 e. The monoisotopic (exact) mass is 360 g/mol. The van der Waals surface area contributed by atoms with E-state index in [1.165, 1.54) is 9.80 Å². The lowest BCUT2D eigenvalue weighted by atomic mass is 9.76. The summed E-state index contributed by atoms with van der Waals surface area (Å²) in [6.45, 7) is 3.61. The molecule has 1 aromatic rings. The minimum Gasteiger partial charge on any atom is -0.385 e. The van der Waals surface area contributed by atoms with E-state index in [-0.39, 0.29) is 12.5 Å². The van der Waals surface area contributed by atoms with Crippen LogP contribution in [0.25, 0.3) is 0 Å². The lowest BCUT2D eigenvalue weighted by Crippen LogP contribution is -3.15. The van der Waals surface area contributed by atoms with Gasteiger partial charge in [0.2, 0.25) is 0 Å². The van der Waals surface area contributed by atoms with E-state index < -0.39 is 17.7 Å². The third-order valence-corrected chi connectivity index (χ3v) is 5.77. The quantitative estimate of drug-likeness (QED) is 0.605. The normalized spacial score (nSPS) is 27.5. The summed E-state index contributed by atoms with van der Waals surface area (Å²) in [7, 11) is 0. The molecule has 7 nitrogen and oxygen atoms in total.